The van der Waals surface area contributed by atoms with Crippen molar-refractivity contribution in [2.24, 2.45) is 47.3 Å². The first-order chi connectivity index (χ1) is 44.6. The Morgan fingerprint density at radius 2 is 0.840 bits per heavy atom. The molecule has 0 saturated carbocycles. The molecule has 0 aromatic carbocycles. The highest BCUT2D eigenvalue weighted by Gasteiger charge is 2.42. The maximum absolute atomic E-state index is 13.8. The van der Waals surface area contributed by atoms with Crippen LogP contribution in [0.15, 0.2) is 71.9 Å². The molecule has 0 spiro atoms. The molecule has 0 radical (unpaired) electrons. The van der Waals surface area contributed by atoms with Crippen LogP contribution < -0.4 is 0 Å². The molecule has 1 unspecified atom stereocenters. The average Bonchev–Trinajstić information content (AvgIpc) is 1.21. The number of cyclic esters (lactones) is 2. The van der Waals surface area contributed by atoms with Crippen molar-refractivity contribution >= 4 is 11.9 Å². The summed E-state index contributed by atoms with van der Waals surface area (Å²) < 4.78 is 49.8. The van der Waals surface area contributed by atoms with Crippen LogP contribution in [0.25, 0.3) is 0 Å². The number of aliphatic hydroxyl groups excluding tert-OH is 8. The molecule has 5 rings (SSSR count). The summed E-state index contributed by atoms with van der Waals surface area (Å²) in [5.74, 6) is -5.22. The van der Waals surface area contributed by atoms with Gasteiger partial charge in [0.1, 0.15) is 12.2 Å². The molecule has 18 nitrogen and oxygen atoms in total. The quantitative estimate of drug-likeness (QED) is 0.0593. The van der Waals surface area contributed by atoms with E-state index in [9.17, 15) is 50.4 Å². The lowest BCUT2D eigenvalue weighted by Gasteiger charge is -2.38. The van der Waals surface area contributed by atoms with Gasteiger partial charge >= 0.3 is 11.9 Å². The zero-order valence-corrected chi connectivity index (χ0v) is 59.7. The minimum Gasteiger partial charge on any atom is -0.458 e. The van der Waals surface area contributed by atoms with E-state index in [2.05, 4.69) is 13.8 Å². The van der Waals surface area contributed by atoms with Crippen molar-refractivity contribution in [3.05, 3.63) is 71.9 Å². The minimum absolute atomic E-state index is 0.0576. The van der Waals surface area contributed by atoms with E-state index in [4.69, 9.17) is 37.9 Å². The van der Waals surface area contributed by atoms with Crippen molar-refractivity contribution in [1.29, 1.82) is 0 Å². The van der Waals surface area contributed by atoms with Crippen LogP contribution in [-0.2, 0) is 47.5 Å². The van der Waals surface area contributed by atoms with E-state index >= 15 is 0 Å². The van der Waals surface area contributed by atoms with Gasteiger partial charge in [0, 0.05) is 87.6 Å². The Hall–Kier alpha value is -3.18. The summed E-state index contributed by atoms with van der Waals surface area (Å²) in [6.07, 6.45) is 18.4. The van der Waals surface area contributed by atoms with Crippen LogP contribution in [0.1, 0.15) is 212 Å². The molecule has 18 heteroatoms. The number of ether oxygens (including phenoxy) is 8. The second-order valence-corrected chi connectivity index (χ2v) is 29.5. The molecule has 4 bridgehead atoms. The molecule has 5 heterocycles. The number of hydrogen-bond donors (Lipinski definition) is 8. The number of allylic oxidation sites excluding steroid dienone is 4. The third kappa shape index (κ3) is 27.2. The first kappa shape index (κ1) is 81.5. The van der Waals surface area contributed by atoms with Gasteiger partial charge in [0.25, 0.3) is 0 Å². The van der Waals surface area contributed by atoms with Gasteiger partial charge in [-0.2, -0.15) is 0 Å². The molecule has 540 valence electrons. The summed E-state index contributed by atoms with van der Waals surface area (Å²) in [5.41, 5.74) is 1.41. The monoisotopic (exact) mass is 1330 g/mol. The number of carbonyl (C=O) groups excluding carboxylic acids is 2. The van der Waals surface area contributed by atoms with Crippen LogP contribution in [0, 0.1) is 47.3 Å². The lowest BCUT2D eigenvalue weighted by atomic mass is 9.78. The third-order valence-corrected chi connectivity index (χ3v) is 21.6. The highest BCUT2D eigenvalue weighted by atomic mass is 16.6. The van der Waals surface area contributed by atoms with Crippen molar-refractivity contribution < 1.29 is 88.3 Å². The number of carbonyl (C=O) groups is 2. The molecule has 5 aliphatic heterocycles. The standard InChI is InChI=1S/C76H128O18/c1-45-27-33-57(77)39-61-23-17-25-63(91-61)41-69(87-13)52(8)66(80)44-68(82)54(10)76(56(12)74(86)48(4)32-36-60-22-16-20-50(6)90-60)94-72(84)38-30-46(2)28-34-58(78)40-62-24-18-26-64(92-62)42-70(88-14)51(7)65(79)43-67(81)53(9)75(93-71(83)37-29-45)55(11)73(85)47(3)31-35-59-21-15-19-49(5)89-59/h17-18,23-24,27-30,37-38,47-70,73-82,85-86H,15-16,19-22,25-26,31-36,39-44H2,1-14H3/b37-29+,38-30+,45-27+,46-28+/t47-,48-,49-,50-,51-,52-,53-,54-,55-,56-,57-,58-,59+,60?,61-,62-,63-,64-,65-,66-,67+,68+,69-,70-,73-,74-,75-,76-/m0/s1. The van der Waals surface area contributed by atoms with Crippen molar-refractivity contribution in [3.8, 4) is 0 Å². The van der Waals surface area contributed by atoms with Crippen molar-refractivity contribution in [2.75, 3.05) is 14.2 Å². The normalized spacial score (nSPS) is 40.7. The summed E-state index contributed by atoms with van der Waals surface area (Å²) in [7, 11) is 3.17. The van der Waals surface area contributed by atoms with E-state index in [1.165, 1.54) is 12.2 Å². The Morgan fingerprint density at radius 1 is 0.479 bits per heavy atom. The van der Waals surface area contributed by atoms with Crippen molar-refractivity contribution in [2.45, 2.75) is 334 Å². The Kier molecular flexibility index (Phi) is 35.9. The maximum atomic E-state index is 13.8. The smallest absolute Gasteiger partial charge is 0.331 e. The first-order valence-corrected chi connectivity index (χ1v) is 36.1. The Morgan fingerprint density at radius 3 is 1.19 bits per heavy atom. The molecular weight excluding hydrogens is 1200 g/mol. The van der Waals surface area contributed by atoms with Crippen LogP contribution in [0.3, 0.4) is 0 Å². The Balaban J connectivity index is 1.36. The van der Waals surface area contributed by atoms with Gasteiger partial charge in [-0.3, -0.25) is 0 Å². The summed E-state index contributed by atoms with van der Waals surface area (Å²) in [5, 5.41) is 94.0. The van der Waals surface area contributed by atoms with Crippen LogP contribution in [0.2, 0.25) is 0 Å². The van der Waals surface area contributed by atoms with E-state index in [0.717, 1.165) is 51.4 Å². The van der Waals surface area contributed by atoms with Gasteiger partial charge < -0.3 is 78.7 Å². The molecule has 0 aromatic rings. The number of esters is 2. The van der Waals surface area contributed by atoms with E-state index in [-0.39, 0.29) is 74.1 Å². The van der Waals surface area contributed by atoms with Crippen LogP contribution >= 0.6 is 0 Å². The molecule has 28 atom stereocenters. The molecule has 94 heavy (non-hydrogen) atoms. The molecule has 0 aliphatic carbocycles. The molecular formula is C76H128O18. The summed E-state index contributed by atoms with van der Waals surface area (Å²) in [4.78, 5) is 27.7. The van der Waals surface area contributed by atoms with Gasteiger partial charge in [0.2, 0.25) is 0 Å². The van der Waals surface area contributed by atoms with E-state index < -0.39 is 133 Å². The van der Waals surface area contributed by atoms with Crippen LogP contribution in [0.4, 0.5) is 0 Å². The van der Waals surface area contributed by atoms with Gasteiger partial charge in [0.15, 0.2) is 0 Å². The average molecular weight is 1330 g/mol. The van der Waals surface area contributed by atoms with Crippen molar-refractivity contribution in [3.63, 3.8) is 0 Å². The molecule has 2 saturated heterocycles. The second-order valence-electron chi connectivity index (χ2n) is 29.5. The van der Waals surface area contributed by atoms with Gasteiger partial charge in [0.05, 0.1) is 110 Å². The molecule has 0 amide bonds. The minimum atomic E-state index is -1.14. The summed E-state index contributed by atoms with van der Waals surface area (Å²) in [6, 6.07) is 0. The predicted molar refractivity (Wildman–Crippen MR) is 365 cm³/mol. The molecule has 5 aliphatic rings. The highest BCUT2D eigenvalue weighted by Crippen LogP contribution is 2.36. The molecule has 2 fully saturated rings. The van der Waals surface area contributed by atoms with Gasteiger partial charge in [-0.15, -0.1) is 0 Å². The topological polar surface area (TPSA) is 270 Å². The summed E-state index contributed by atoms with van der Waals surface area (Å²) in [6.45, 7) is 22.8. The van der Waals surface area contributed by atoms with Crippen molar-refractivity contribution in [1.82, 2.24) is 0 Å². The number of hydrogen-bond acceptors (Lipinski definition) is 18. The zero-order valence-electron chi connectivity index (χ0n) is 59.7. The van der Waals surface area contributed by atoms with Gasteiger partial charge in [-0.05, 0) is 142 Å². The fourth-order valence-electron chi connectivity index (χ4n) is 14.8. The Labute approximate surface area is 565 Å². The van der Waals surface area contributed by atoms with E-state index in [0.29, 0.717) is 62.5 Å². The van der Waals surface area contributed by atoms with E-state index in [1.807, 2.05) is 91.8 Å². The SMILES string of the molecule is CO[C@H]1C[C@@H]2CC=C[C@@H](C[C@@H](O)C/C=C(C)/C=C/C(=O)O[C@H]([C@@H](C)[C@@H](O)[C@@H](C)CC[C@H]3CCC[C@H](C)O3)[C@@H](C)[C@H](O)C[C@H](O)[C@H](C)[C@@H](OC)C[C@@H]3CC=C[C@@H](C[C@@H](O)C/C=C(C)/C=C/C(=O)O[C@H]([C@@H](C)[C@@H](O)[C@@H](C)CCC4CCC[C@H](C)O4)[C@@H](C)[C@H](O)C[C@H](O)[C@@H]1C)O3)O2. The number of fused-ring (bicyclic) bond motifs is 4. The first-order valence-electron chi connectivity index (χ1n) is 36.1. The lowest BCUT2D eigenvalue weighted by Crippen LogP contribution is -2.45. The molecule has 8 N–H and O–H groups in total. The summed E-state index contributed by atoms with van der Waals surface area (Å²) >= 11 is 0. The Bertz CT molecular complexity index is 2210. The van der Waals surface area contributed by atoms with Crippen LogP contribution in [0.5, 0.6) is 0 Å². The number of methoxy groups -OCH3 is 2. The molecule has 0 aromatic heterocycles. The van der Waals surface area contributed by atoms with Gasteiger partial charge in [-0.25, -0.2) is 9.59 Å². The zero-order chi connectivity index (χ0) is 69.3. The fourth-order valence-corrected chi connectivity index (χ4v) is 14.8. The fraction of sp³-hybridized carbons (Fsp3) is 0.816. The van der Waals surface area contributed by atoms with E-state index in [1.54, 1.807) is 40.2 Å². The second kappa shape index (κ2) is 41.4. The third-order valence-electron chi connectivity index (χ3n) is 21.6. The maximum Gasteiger partial charge on any atom is 0.331 e. The number of rotatable bonds is 14. The largest absolute Gasteiger partial charge is 0.458 e. The predicted octanol–water partition coefficient (Wildman–Crippen LogP) is 10.9. The lowest BCUT2D eigenvalue weighted by molar-refractivity contribution is -0.158. The van der Waals surface area contributed by atoms with Gasteiger partial charge in [-0.1, -0.05) is 115 Å². The highest BCUT2D eigenvalue weighted by molar-refractivity contribution is 5.83. The number of aliphatic hydroxyl groups is 8. The van der Waals surface area contributed by atoms with Crippen LogP contribution in [-0.4, -0.2) is 189 Å².